The number of benzene rings is 1. The van der Waals surface area contributed by atoms with E-state index in [0.717, 1.165) is 36.6 Å². The van der Waals surface area contributed by atoms with Gasteiger partial charge in [-0.1, -0.05) is 37.3 Å². The van der Waals surface area contributed by atoms with Gasteiger partial charge in [0, 0.05) is 12.1 Å². The summed E-state index contributed by atoms with van der Waals surface area (Å²) in [5.41, 5.74) is -1.11. The number of nitrogens with zero attached hydrogens (tertiary/aromatic N) is 2. The molecule has 2 aliphatic rings. The SMILES string of the molecule is O=C(CN1C(=O)NC2(CCCCCC2)C1=O)Nc1cc([N+](=O)[O-])ccc1Cl. The minimum absolute atomic E-state index is 0.0482. The third-order valence-corrected chi connectivity index (χ3v) is 5.27. The Balaban J connectivity index is 1.71. The number of non-ortho nitro benzene ring substituents is 1. The molecule has 1 spiro atoms. The Bertz CT molecular complexity index is 805. The van der Waals surface area contributed by atoms with Gasteiger partial charge < -0.3 is 10.6 Å². The summed E-state index contributed by atoms with van der Waals surface area (Å²) in [5.74, 6) is -1.05. The number of nitro benzene ring substituents is 1. The molecule has 2 N–H and O–H groups in total. The highest BCUT2D eigenvalue weighted by molar-refractivity contribution is 6.33. The first-order valence-corrected chi connectivity index (χ1v) is 9.08. The molecule has 3 rings (SSSR count). The van der Waals surface area contributed by atoms with Gasteiger partial charge in [-0.3, -0.25) is 24.6 Å². The third kappa shape index (κ3) is 3.87. The normalized spacial score (nSPS) is 18.9. The predicted octanol–water partition coefficient (Wildman–Crippen LogP) is 2.83. The summed E-state index contributed by atoms with van der Waals surface area (Å²) in [5, 5.41) is 16.2. The molecule has 1 aliphatic carbocycles. The number of nitrogens with one attached hydrogen (secondary N) is 2. The number of carbonyl (C=O) groups is 3. The first kappa shape index (κ1) is 19.1. The van der Waals surface area contributed by atoms with Crippen molar-refractivity contribution in [1.82, 2.24) is 10.2 Å². The van der Waals surface area contributed by atoms with Gasteiger partial charge in [-0.2, -0.15) is 0 Å². The Hall–Kier alpha value is -2.68. The number of hydrogen-bond acceptors (Lipinski definition) is 5. The molecular formula is C17H19ClN4O5. The molecule has 1 saturated carbocycles. The van der Waals surface area contributed by atoms with Gasteiger partial charge in [-0.05, 0) is 18.9 Å². The van der Waals surface area contributed by atoms with E-state index in [1.807, 2.05) is 0 Å². The second kappa shape index (κ2) is 7.51. The molecule has 0 aromatic heterocycles. The van der Waals surface area contributed by atoms with Gasteiger partial charge in [0.25, 0.3) is 11.6 Å². The van der Waals surface area contributed by atoms with Crippen molar-refractivity contribution in [1.29, 1.82) is 0 Å². The van der Waals surface area contributed by atoms with Crippen molar-refractivity contribution < 1.29 is 19.3 Å². The van der Waals surface area contributed by atoms with E-state index >= 15 is 0 Å². The Morgan fingerprint density at radius 2 is 1.93 bits per heavy atom. The van der Waals surface area contributed by atoms with Crippen LogP contribution in [0.15, 0.2) is 18.2 Å². The monoisotopic (exact) mass is 394 g/mol. The molecule has 4 amide bonds. The van der Waals surface area contributed by atoms with Crippen LogP contribution in [0, 0.1) is 10.1 Å². The fourth-order valence-corrected chi connectivity index (χ4v) is 3.71. The van der Waals surface area contributed by atoms with E-state index < -0.39 is 34.9 Å². The fourth-order valence-electron chi connectivity index (χ4n) is 3.55. The van der Waals surface area contributed by atoms with Gasteiger partial charge in [0.05, 0.1) is 15.6 Å². The molecule has 0 unspecified atom stereocenters. The second-order valence-corrected chi connectivity index (χ2v) is 7.19. The quantitative estimate of drug-likeness (QED) is 0.462. The van der Waals surface area contributed by atoms with Crippen molar-refractivity contribution in [3.8, 4) is 0 Å². The van der Waals surface area contributed by atoms with Gasteiger partial charge in [0.1, 0.15) is 12.1 Å². The van der Waals surface area contributed by atoms with Crippen molar-refractivity contribution >= 4 is 40.8 Å². The van der Waals surface area contributed by atoms with Crippen LogP contribution in [0.5, 0.6) is 0 Å². The van der Waals surface area contributed by atoms with E-state index in [2.05, 4.69) is 10.6 Å². The molecule has 0 radical (unpaired) electrons. The van der Waals surface area contributed by atoms with Crippen molar-refractivity contribution in [3.63, 3.8) is 0 Å². The summed E-state index contributed by atoms with van der Waals surface area (Å²) in [6.45, 7) is -0.481. The smallest absolute Gasteiger partial charge is 0.323 e. The molecule has 9 nitrogen and oxygen atoms in total. The average molecular weight is 395 g/mol. The van der Waals surface area contributed by atoms with Crippen LogP contribution in [0.3, 0.4) is 0 Å². The minimum Gasteiger partial charge on any atom is -0.323 e. The predicted molar refractivity (Wildman–Crippen MR) is 97.4 cm³/mol. The number of nitro groups is 1. The molecule has 2 fully saturated rings. The first-order chi connectivity index (χ1) is 12.8. The van der Waals surface area contributed by atoms with Crippen LogP contribution in [0.25, 0.3) is 0 Å². The highest BCUT2D eigenvalue weighted by Crippen LogP contribution is 2.33. The lowest BCUT2D eigenvalue weighted by Crippen LogP contribution is -2.47. The van der Waals surface area contributed by atoms with Crippen LogP contribution >= 0.6 is 11.6 Å². The van der Waals surface area contributed by atoms with Gasteiger partial charge in [0.15, 0.2) is 0 Å². The number of imide groups is 1. The van der Waals surface area contributed by atoms with E-state index in [0.29, 0.717) is 12.8 Å². The number of amides is 4. The van der Waals surface area contributed by atoms with Gasteiger partial charge in [-0.15, -0.1) is 0 Å². The lowest BCUT2D eigenvalue weighted by Gasteiger charge is -2.24. The van der Waals surface area contributed by atoms with Crippen LogP contribution < -0.4 is 10.6 Å². The average Bonchev–Trinajstić information content (AvgIpc) is 2.79. The molecule has 1 aromatic carbocycles. The number of halogens is 1. The molecule has 1 aromatic rings. The van der Waals surface area contributed by atoms with E-state index in [1.165, 1.54) is 12.1 Å². The Morgan fingerprint density at radius 3 is 2.56 bits per heavy atom. The summed E-state index contributed by atoms with van der Waals surface area (Å²) in [4.78, 5) is 48.5. The Morgan fingerprint density at radius 1 is 1.26 bits per heavy atom. The number of rotatable bonds is 4. The van der Waals surface area contributed by atoms with Crippen LogP contribution in [0.4, 0.5) is 16.2 Å². The van der Waals surface area contributed by atoms with Crippen LogP contribution in [-0.4, -0.2) is 39.8 Å². The highest BCUT2D eigenvalue weighted by Gasteiger charge is 2.51. The van der Waals surface area contributed by atoms with E-state index in [9.17, 15) is 24.5 Å². The van der Waals surface area contributed by atoms with Crippen molar-refractivity contribution in [3.05, 3.63) is 33.3 Å². The highest BCUT2D eigenvalue weighted by atomic mass is 35.5. The minimum atomic E-state index is -0.920. The number of urea groups is 1. The van der Waals surface area contributed by atoms with E-state index in [4.69, 9.17) is 11.6 Å². The molecule has 1 saturated heterocycles. The largest absolute Gasteiger partial charge is 0.325 e. The maximum Gasteiger partial charge on any atom is 0.325 e. The van der Waals surface area contributed by atoms with Gasteiger partial charge in [0.2, 0.25) is 5.91 Å². The molecule has 0 bridgehead atoms. The topological polar surface area (TPSA) is 122 Å². The standard InChI is InChI=1S/C17H19ClN4O5/c18-12-6-5-11(22(26)27)9-13(12)19-14(23)10-21-15(24)17(20-16(21)25)7-3-1-2-4-8-17/h5-6,9H,1-4,7-8,10H2,(H,19,23)(H,20,25). The summed E-state index contributed by atoms with van der Waals surface area (Å²) in [6, 6.07) is 3.04. The van der Waals surface area contributed by atoms with Crippen LogP contribution in [0.2, 0.25) is 5.02 Å². The Kier molecular flexibility index (Phi) is 5.31. The number of anilines is 1. The number of carbonyl (C=O) groups excluding carboxylic acids is 3. The zero-order valence-corrected chi connectivity index (χ0v) is 15.3. The Labute approximate surface area is 160 Å². The van der Waals surface area contributed by atoms with E-state index in [-0.39, 0.29) is 16.4 Å². The van der Waals surface area contributed by atoms with E-state index in [1.54, 1.807) is 0 Å². The van der Waals surface area contributed by atoms with Gasteiger partial charge >= 0.3 is 6.03 Å². The zero-order chi connectivity index (χ0) is 19.6. The summed E-state index contributed by atoms with van der Waals surface area (Å²) < 4.78 is 0. The molecule has 1 heterocycles. The van der Waals surface area contributed by atoms with Crippen LogP contribution in [0.1, 0.15) is 38.5 Å². The maximum absolute atomic E-state index is 12.8. The van der Waals surface area contributed by atoms with Gasteiger partial charge in [-0.25, -0.2) is 4.79 Å². The molecule has 10 heteroatoms. The number of hydrogen-bond donors (Lipinski definition) is 2. The zero-order valence-electron chi connectivity index (χ0n) is 14.5. The maximum atomic E-state index is 12.8. The van der Waals surface area contributed by atoms with Crippen molar-refractivity contribution in [2.24, 2.45) is 0 Å². The molecular weight excluding hydrogens is 376 g/mol. The molecule has 0 atom stereocenters. The molecule has 144 valence electrons. The first-order valence-electron chi connectivity index (χ1n) is 8.70. The van der Waals surface area contributed by atoms with Crippen molar-refractivity contribution in [2.75, 3.05) is 11.9 Å². The summed E-state index contributed by atoms with van der Waals surface area (Å²) in [6.07, 6.45) is 4.83. The summed E-state index contributed by atoms with van der Waals surface area (Å²) in [7, 11) is 0. The van der Waals surface area contributed by atoms with Crippen LogP contribution in [-0.2, 0) is 9.59 Å². The lowest BCUT2D eigenvalue weighted by molar-refractivity contribution is -0.384. The molecule has 1 aliphatic heterocycles. The second-order valence-electron chi connectivity index (χ2n) is 6.79. The third-order valence-electron chi connectivity index (χ3n) is 4.94. The lowest BCUT2D eigenvalue weighted by atomic mass is 9.90. The fraction of sp³-hybridized carbons (Fsp3) is 0.471. The summed E-state index contributed by atoms with van der Waals surface area (Å²) >= 11 is 5.96. The molecule has 27 heavy (non-hydrogen) atoms. The van der Waals surface area contributed by atoms with Crippen molar-refractivity contribution in [2.45, 2.75) is 44.1 Å².